The molecule has 0 radical (unpaired) electrons. The Labute approximate surface area is 131 Å². The Morgan fingerprint density at radius 1 is 1.14 bits per heavy atom. The van der Waals surface area contributed by atoms with Crippen LogP contribution in [0.3, 0.4) is 0 Å². The zero-order valence-electron chi connectivity index (χ0n) is 11.6. The molecule has 6 heteroatoms. The molecule has 0 aliphatic heterocycles. The Bertz CT molecular complexity index is 772. The Morgan fingerprint density at radius 2 is 1.91 bits per heavy atom. The van der Waals surface area contributed by atoms with Crippen molar-refractivity contribution in [2.45, 2.75) is 12.8 Å². The van der Waals surface area contributed by atoms with E-state index in [0.717, 1.165) is 12.8 Å². The van der Waals surface area contributed by atoms with Crippen molar-refractivity contribution in [3.8, 4) is 6.07 Å². The van der Waals surface area contributed by atoms with E-state index in [1.54, 1.807) is 36.4 Å². The number of nitrogens with one attached hydrogen (secondary N) is 2. The largest absolute Gasteiger partial charge is 0.320 e. The van der Waals surface area contributed by atoms with Crippen molar-refractivity contribution < 1.29 is 9.59 Å². The van der Waals surface area contributed by atoms with E-state index in [4.69, 9.17) is 5.26 Å². The first-order valence-electron chi connectivity index (χ1n) is 6.88. The van der Waals surface area contributed by atoms with Crippen molar-refractivity contribution in [2.24, 2.45) is 5.92 Å². The summed E-state index contributed by atoms with van der Waals surface area (Å²) in [6, 6.07) is 12.2. The van der Waals surface area contributed by atoms with E-state index >= 15 is 0 Å². The highest BCUT2D eigenvalue weighted by atomic mass is 32.1. The number of thiophene rings is 1. The van der Waals surface area contributed by atoms with Crippen LogP contribution in [0.5, 0.6) is 0 Å². The van der Waals surface area contributed by atoms with Crippen molar-refractivity contribution in [1.82, 2.24) is 0 Å². The van der Waals surface area contributed by atoms with Crippen LogP contribution in [0, 0.1) is 17.2 Å². The number of carbonyl (C=O) groups is 2. The second-order valence-electron chi connectivity index (χ2n) is 5.04. The van der Waals surface area contributed by atoms with Gasteiger partial charge in [-0.15, -0.1) is 11.3 Å². The third-order valence-electron chi connectivity index (χ3n) is 3.32. The van der Waals surface area contributed by atoms with Crippen LogP contribution >= 0.6 is 11.3 Å². The molecule has 1 fully saturated rings. The van der Waals surface area contributed by atoms with Gasteiger partial charge in [-0.1, -0.05) is 12.1 Å². The Balaban J connectivity index is 1.69. The second kappa shape index (κ2) is 6.00. The average molecular weight is 311 g/mol. The molecule has 0 atom stereocenters. The number of rotatable bonds is 4. The summed E-state index contributed by atoms with van der Waals surface area (Å²) in [6.45, 7) is 0. The van der Waals surface area contributed by atoms with Gasteiger partial charge in [0, 0.05) is 5.92 Å². The van der Waals surface area contributed by atoms with Crippen LogP contribution in [0.25, 0.3) is 0 Å². The molecule has 0 unspecified atom stereocenters. The van der Waals surface area contributed by atoms with Crippen molar-refractivity contribution in [3.63, 3.8) is 0 Å². The molecular weight excluding hydrogens is 298 g/mol. The monoisotopic (exact) mass is 311 g/mol. The van der Waals surface area contributed by atoms with Gasteiger partial charge in [0.1, 0.15) is 6.07 Å². The zero-order valence-corrected chi connectivity index (χ0v) is 12.4. The lowest BCUT2D eigenvalue weighted by atomic mass is 10.2. The van der Waals surface area contributed by atoms with Crippen molar-refractivity contribution in [3.05, 3.63) is 46.8 Å². The molecule has 0 saturated heterocycles. The van der Waals surface area contributed by atoms with E-state index in [9.17, 15) is 9.59 Å². The van der Waals surface area contributed by atoms with Crippen molar-refractivity contribution in [2.75, 3.05) is 10.6 Å². The molecule has 2 aromatic rings. The lowest BCUT2D eigenvalue weighted by Gasteiger charge is -2.05. The Hall–Kier alpha value is -2.65. The number of carbonyl (C=O) groups excluding carboxylic acids is 2. The van der Waals surface area contributed by atoms with Crippen LogP contribution in [0.2, 0.25) is 0 Å². The fourth-order valence-electron chi connectivity index (χ4n) is 1.97. The maximum atomic E-state index is 12.2. The number of hydrogen-bond acceptors (Lipinski definition) is 4. The van der Waals surface area contributed by atoms with Crippen molar-refractivity contribution >= 4 is 33.8 Å². The Kier molecular flexibility index (Phi) is 3.90. The minimum atomic E-state index is -0.292. The molecule has 0 bridgehead atoms. The molecule has 2 amide bonds. The summed E-state index contributed by atoms with van der Waals surface area (Å²) >= 11 is 1.22. The van der Waals surface area contributed by atoms with Gasteiger partial charge in [-0.05, 0) is 37.1 Å². The third kappa shape index (κ3) is 3.15. The van der Waals surface area contributed by atoms with Gasteiger partial charge in [0.25, 0.3) is 5.91 Å². The predicted molar refractivity (Wildman–Crippen MR) is 84.8 cm³/mol. The topological polar surface area (TPSA) is 82.0 Å². The lowest BCUT2D eigenvalue weighted by molar-refractivity contribution is -0.117. The molecular formula is C16H13N3O2S. The first-order chi connectivity index (χ1) is 10.7. The minimum absolute atomic E-state index is 0.0173. The Morgan fingerprint density at radius 3 is 2.64 bits per heavy atom. The first kappa shape index (κ1) is 14.3. The summed E-state index contributed by atoms with van der Waals surface area (Å²) in [6.07, 6.45) is 1.88. The number of nitriles is 1. The molecule has 110 valence electrons. The van der Waals surface area contributed by atoms with Crippen LogP contribution in [-0.2, 0) is 4.79 Å². The molecule has 1 saturated carbocycles. The van der Waals surface area contributed by atoms with Crippen LogP contribution in [-0.4, -0.2) is 11.8 Å². The molecule has 1 aromatic heterocycles. The molecule has 22 heavy (non-hydrogen) atoms. The number of hydrogen-bond donors (Lipinski definition) is 2. The van der Waals surface area contributed by atoms with E-state index < -0.39 is 0 Å². The smallest absolute Gasteiger partial charge is 0.265 e. The zero-order chi connectivity index (χ0) is 15.5. The van der Waals surface area contributed by atoms with E-state index in [1.807, 2.05) is 6.07 Å². The SMILES string of the molecule is N#Cc1ccccc1NC(=O)c1ccc(NC(=O)C2CC2)s1. The average Bonchev–Trinajstić information content (AvgIpc) is 3.28. The van der Waals surface area contributed by atoms with Crippen LogP contribution in [0.4, 0.5) is 10.7 Å². The van der Waals surface area contributed by atoms with Gasteiger partial charge in [0.15, 0.2) is 0 Å². The fourth-order valence-corrected chi connectivity index (χ4v) is 2.77. The van der Waals surface area contributed by atoms with Gasteiger partial charge in [-0.3, -0.25) is 9.59 Å². The summed E-state index contributed by atoms with van der Waals surface area (Å²) in [5, 5.41) is 15.2. The molecule has 3 rings (SSSR count). The maximum absolute atomic E-state index is 12.2. The van der Waals surface area contributed by atoms with E-state index in [1.165, 1.54) is 11.3 Å². The highest BCUT2D eigenvalue weighted by molar-refractivity contribution is 7.18. The van der Waals surface area contributed by atoms with E-state index in [2.05, 4.69) is 10.6 Å². The molecule has 1 aliphatic rings. The van der Waals surface area contributed by atoms with E-state index in [-0.39, 0.29) is 17.7 Å². The summed E-state index contributed by atoms with van der Waals surface area (Å²) < 4.78 is 0. The van der Waals surface area contributed by atoms with E-state index in [0.29, 0.717) is 21.1 Å². The summed E-state index contributed by atoms with van der Waals surface area (Å²) in [5.74, 6) is -0.148. The number of anilines is 2. The first-order valence-corrected chi connectivity index (χ1v) is 7.70. The van der Waals surface area contributed by atoms with Gasteiger partial charge >= 0.3 is 0 Å². The number of benzene rings is 1. The second-order valence-corrected chi connectivity index (χ2v) is 6.12. The van der Waals surface area contributed by atoms with Crippen molar-refractivity contribution in [1.29, 1.82) is 5.26 Å². The van der Waals surface area contributed by atoms with Crippen LogP contribution in [0.1, 0.15) is 28.1 Å². The highest BCUT2D eigenvalue weighted by Crippen LogP contribution is 2.31. The van der Waals surface area contributed by atoms with Gasteiger partial charge in [-0.2, -0.15) is 5.26 Å². The molecule has 1 heterocycles. The predicted octanol–water partition coefficient (Wildman–Crippen LogP) is 3.22. The molecule has 1 aromatic carbocycles. The number of amides is 2. The summed E-state index contributed by atoms with van der Waals surface area (Å²) in [4.78, 5) is 24.4. The third-order valence-corrected chi connectivity index (χ3v) is 4.32. The number of nitrogens with zero attached hydrogens (tertiary/aromatic N) is 1. The van der Waals surface area contributed by atoms with Crippen LogP contribution in [0.15, 0.2) is 36.4 Å². The normalized spacial score (nSPS) is 13.2. The van der Waals surface area contributed by atoms with Gasteiger partial charge < -0.3 is 10.6 Å². The molecule has 2 N–H and O–H groups in total. The lowest BCUT2D eigenvalue weighted by Crippen LogP contribution is -2.12. The minimum Gasteiger partial charge on any atom is -0.320 e. The maximum Gasteiger partial charge on any atom is 0.265 e. The summed E-state index contributed by atoms with van der Waals surface area (Å²) in [5.41, 5.74) is 0.890. The quantitative estimate of drug-likeness (QED) is 0.909. The molecule has 0 spiro atoms. The standard InChI is InChI=1S/C16H13N3O2S/c17-9-11-3-1-2-4-12(11)18-16(21)13-7-8-14(22-13)19-15(20)10-5-6-10/h1-4,7-8,10H,5-6H2,(H,18,21)(H,19,20). The van der Waals surface area contributed by atoms with Gasteiger partial charge in [0.2, 0.25) is 5.91 Å². The molecule has 5 nitrogen and oxygen atoms in total. The fraction of sp³-hybridized carbons (Fsp3) is 0.188. The van der Waals surface area contributed by atoms with Crippen LogP contribution < -0.4 is 10.6 Å². The number of para-hydroxylation sites is 1. The van der Waals surface area contributed by atoms with Gasteiger partial charge in [0.05, 0.1) is 21.1 Å². The molecule has 1 aliphatic carbocycles. The highest BCUT2D eigenvalue weighted by Gasteiger charge is 2.29. The summed E-state index contributed by atoms with van der Waals surface area (Å²) in [7, 11) is 0. The van der Waals surface area contributed by atoms with Gasteiger partial charge in [-0.25, -0.2) is 0 Å².